The maximum atomic E-state index is 9.81. The number of rotatable bonds is 0. The van der Waals surface area contributed by atoms with Crippen LogP contribution in [0, 0.1) is 16.7 Å². The van der Waals surface area contributed by atoms with Gasteiger partial charge in [0, 0.05) is 0 Å². The van der Waals surface area contributed by atoms with Gasteiger partial charge < -0.3 is 5.11 Å². The first kappa shape index (κ1) is 10.1. The number of hydrogen-bond donors (Lipinski definition) is 1. The van der Waals surface area contributed by atoms with E-state index in [0.29, 0.717) is 5.41 Å². The van der Waals surface area contributed by atoms with Crippen molar-refractivity contribution in [2.45, 2.75) is 46.1 Å². The van der Waals surface area contributed by atoms with Gasteiger partial charge in [0.05, 0.1) is 14.5 Å². The Hall–Kier alpha value is 0.0249. The van der Waals surface area contributed by atoms with Crippen LogP contribution in [-0.2, 0) is 0 Å². The average molecular weight is 168 g/mol. The Morgan fingerprint density at radius 1 is 1.25 bits per heavy atom. The lowest BCUT2D eigenvalue weighted by molar-refractivity contribution is 0.0126. The lowest BCUT2D eigenvalue weighted by Crippen LogP contribution is -2.35. The van der Waals surface area contributed by atoms with Gasteiger partial charge in [0.2, 0.25) is 0 Å². The summed E-state index contributed by atoms with van der Waals surface area (Å²) in [6.07, 6.45) is 3.58. The lowest BCUT2D eigenvalue weighted by atomic mass is 9.70. The van der Waals surface area contributed by atoms with Gasteiger partial charge >= 0.3 is 0 Å². The van der Waals surface area contributed by atoms with Crippen LogP contribution in [0.1, 0.15) is 40.0 Å². The smallest absolute Gasteiger partial charge is 0.0814 e. The molecule has 0 aromatic heterocycles. The van der Waals surface area contributed by atoms with Crippen molar-refractivity contribution in [3.05, 3.63) is 0 Å². The molecule has 0 aromatic carbocycles. The van der Waals surface area contributed by atoms with Gasteiger partial charge in [0.15, 0.2) is 0 Å². The minimum absolute atomic E-state index is 0. The Balaban J connectivity index is 0.000000720. The fraction of sp³-hybridized carbons (Fsp3) is 1.00. The molecule has 0 spiro atoms. The zero-order valence-electron chi connectivity index (χ0n) is 7.72. The minimum atomic E-state index is -0.0313. The lowest BCUT2D eigenvalue weighted by Gasteiger charge is -2.36. The molecule has 1 nitrogen and oxygen atoms in total. The second kappa shape index (κ2) is 2.51. The van der Waals surface area contributed by atoms with Crippen LogP contribution in [0.5, 0.6) is 0 Å². The molecule has 0 unspecified atom stereocenters. The molecule has 0 aliphatic heterocycles. The van der Waals surface area contributed by atoms with Gasteiger partial charge in [-0.1, -0.05) is 20.8 Å². The molecule has 2 saturated carbocycles. The van der Waals surface area contributed by atoms with Crippen molar-refractivity contribution in [2.24, 2.45) is 16.7 Å². The van der Waals surface area contributed by atoms with Crippen LogP contribution in [0.3, 0.4) is 0 Å². The summed E-state index contributed by atoms with van der Waals surface area (Å²) in [7, 11) is 0. The first-order valence-electron chi connectivity index (χ1n) is 4.66. The first-order chi connectivity index (χ1) is 4.98. The first-order valence-corrected chi connectivity index (χ1v) is 4.66. The third-order valence-corrected chi connectivity index (χ3v) is 4.75. The van der Waals surface area contributed by atoms with Crippen LogP contribution in [0.15, 0.2) is 0 Å². The third-order valence-electron chi connectivity index (χ3n) is 4.75. The quantitative estimate of drug-likeness (QED) is 0.535. The van der Waals surface area contributed by atoms with Crippen LogP contribution in [-0.4, -0.2) is 19.6 Å². The number of hydrogen-bond acceptors (Lipinski definition) is 1. The molecule has 2 aliphatic carbocycles. The maximum absolute atomic E-state index is 9.81. The average Bonchev–Trinajstić information content (AvgIpc) is 2.20. The van der Waals surface area contributed by atoms with Crippen molar-refractivity contribution in [3.63, 3.8) is 0 Å². The van der Waals surface area contributed by atoms with Crippen LogP contribution in [0.4, 0.5) is 0 Å². The molecular weight excluding hydrogens is 147 g/mol. The summed E-state index contributed by atoms with van der Waals surface area (Å²) in [6.45, 7) is 6.90. The summed E-state index contributed by atoms with van der Waals surface area (Å²) in [5, 5.41) is 9.81. The summed E-state index contributed by atoms with van der Waals surface area (Å²) < 4.78 is 0. The Morgan fingerprint density at radius 2 is 1.83 bits per heavy atom. The summed E-state index contributed by atoms with van der Waals surface area (Å²) in [5.41, 5.74) is 0.601. The SMILES string of the molecule is B.CC1(C)[C@@H]2CC[C@]1(C)[C@@H](O)C2. The van der Waals surface area contributed by atoms with E-state index >= 15 is 0 Å². The van der Waals surface area contributed by atoms with Crippen molar-refractivity contribution in [2.75, 3.05) is 0 Å². The van der Waals surface area contributed by atoms with Crippen molar-refractivity contribution < 1.29 is 5.11 Å². The molecule has 1 N–H and O–H groups in total. The zero-order valence-corrected chi connectivity index (χ0v) is 7.72. The van der Waals surface area contributed by atoms with Crippen LogP contribution in [0.25, 0.3) is 0 Å². The van der Waals surface area contributed by atoms with E-state index in [0.717, 1.165) is 12.3 Å². The normalized spacial score (nSPS) is 49.0. The van der Waals surface area contributed by atoms with E-state index in [1.54, 1.807) is 0 Å². The summed E-state index contributed by atoms with van der Waals surface area (Å²) in [4.78, 5) is 0. The van der Waals surface area contributed by atoms with Gasteiger partial charge in [-0.05, 0) is 36.0 Å². The van der Waals surface area contributed by atoms with Crippen molar-refractivity contribution in [1.29, 1.82) is 0 Å². The van der Waals surface area contributed by atoms with Crippen molar-refractivity contribution >= 4 is 8.41 Å². The summed E-state index contributed by atoms with van der Waals surface area (Å²) in [5.74, 6) is 0.780. The fourth-order valence-corrected chi connectivity index (χ4v) is 3.16. The molecule has 12 heavy (non-hydrogen) atoms. The summed E-state index contributed by atoms with van der Waals surface area (Å²) in [6, 6.07) is 0. The van der Waals surface area contributed by atoms with E-state index in [4.69, 9.17) is 0 Å². The number of fused-ring (bicyclic) bond motifs is 2. The molecule has 0 amide bonds. The number of aliphatic hydroxyl groups excluding tert-OH is 1. The highest BCUT2D eigenvalue weighted by Gasteiger charge is 2.60. The highest BCUT2D eigenvalue weighted by atomic mass is 16.3. The monoisotopic (exact) mass is 168 g/mol. The molecule has 0 aromatic rings. The molecule has 0 radical (unpaired) electrons. The van der Waals surface area contributed by atoms with E-state index in [-0.39, 0.29) is 19.9 Å². The zero-order chi connectivity index (χ0) is 8.28. The van der Waals surface area contributed by atoms with Crippen LogP contribution >= 0.6 is 0 Å². The van der Waals surface area contributed by atoms with Gasteiger partial charge in [-0.3, -0.25) is 0 Å². The van der Waals surface area contributed by atoms with Gasteiger partial charge in [0.1, 0.15) is 0 Å². The van der Waals surface area contributed by atoms with Gasteiger partial charge in [-0.2, -0.15) is 0 Å². The van der Waals surface area contributed by atoms with Crippen molar-refractivity contribution in [1.82, 2.24) is 0 Å². The molecule has 2 bridgehead atoms. The molecular formula is C10H21BO. The van der Waals surface area contributed by atoms with E-state index in [1.165, 1.54) is 12.8 Å². The molecule has 2 aliphatic rings. The molecule has 3 atom stereocenters. The van der Waals surface area contributed by atoms with E-state index < -0.39 is 0 Å². The molecule has 2 rings (SSSR count). The topological polar surface area (TPSA) is 20.2 Å². The molecule has 0 heterocycles. The number of aliphatic hydroxyl groups is 1. The second-order valence-corrected chi connectivity index (χ2v) is 5.13. The van der Waals surface area contributed by atoms with E-state index in [9.17, 15) is 5.11 Å². The summed E-state index contributed by atoms with van der Waals surface area (Å²) >= 11 is 0. The molecule has 0 saturated heterocycles. The second-order valence-electron chi connectivity index (χ2n) is 5.13. The minimum Gasteiger partial charge on any atom is -0.393 e. The Morgan fingerprint density at radius 3 is 2.00 bits per heavy atom. The van der Waals surface area contributed by atoms with E-state index in [1.807, 2.05) is 0 Å². The third kappa shape index (κ3) is 0.848. The predicted molar refractivity (Wildman–Crippen MR) is 55.2 cm³/mol. The standard InChI is InChI=1S/C10H18O.BH3/c1-9(2)7-4-5-10(9,3)8(11)6-7;/h7-8,11H,4-6H2,1-3H3;1H3/t7-,8+,10-;/m1./s1. The maximum Gasteiger partial charge on any atom is 0.0814 e. The molecule has 2 heteroatoms. The fourth-order valence-electron chi connectivity index (χ4n) is 3.16. The molecule has 2 fully saturated rings. The van der Waals surface area contributed by atoms with E-state index in [2.05, 4.69) is 20.8 Å². The van der Waals surface area contributed by atoms with Gasteiger partial charge in [-0.15, -0.1) is 0 Å². The largest absolute Gasteiger partial charge is 0.393 e. The highest BCUT2D eigenvalue weighted by molar-refractivity contribution is 5.75. The van der Waals surface area contributed by atoms with Gasteiger partial charge in [0.25, 0.3) is 0 Å². The van der Waals surface area contributed by atoms with Crippen LogP contribution < -0.4 is 0 Å². The Kier molecular flexibility index (Phi) is 2.11. The van der Waals surface area contributed by atoms with Crippen molar-refractivity contribution in [3.8, 4) is 0 Å². The predicted octanol–water partition coefficient (Wildman–Crippen LogP) is 1.01. The van der Waals surface area contributed by atoms with Gasteiger partial charge in [-0.25, -0.2) is 0 Å². The highest BCUT2D eigenvalue weighted by Crippen LogP contribution is 2.65. The Bertz CT molecular complexity index is 190. The Labute approximate surface area is 77.1 Å². The molecule has 70 valence electrons. The van der Waals surface area contributed by atoms with Crippen LogP contribution in [0.2, 0.25) is 0 Å².